The third kappa shape index (κ3) is 3.90. The maximum atomic E-state index is 12.5. The average molecular weight is 361 g/mol. The zero-order valence-electron chi connectivity index (χ0n) is 15.6. The topological polar surface area (TPSA) is 71.8 Å². The third-order valence-electron chi connectivity index (χ3n) is 4.84. The lowest BCUT2D eigenvalue weighted by molar-refractivity contribution is 0.0943. The first kappa shape index (κ1) is 17.4. The van der Waals surface area contributed by atoms with E-state index in [4.69, 9.17) is 0 Å². The minimum atomic E-state index is -0.203. The first-order chi connectivity index (χ1) is 13.1. The number of nitrogens with one attached hydrogen (secondary N) is 2. The molecule has 0 spiro atoms. The van der Waals surface area contributed by atoms with Crippen LogP contribution in [0, 0.1) is 13.8 Å². The molecule has 2 aromatic carbocycles. The molecule has 1 atom stereocenters. The summed E-state index contributed by atoms with van der Waals surface area (Å²) in [6, 6.07) is 14.7. The van der Waals surface area contributed by atoms with Gasteiger partial charge in [-0.2, -0.15) is 9.90 Å². The van der Waals surface area contributed by atoms with Gasteiger partial charge in [0.1, 0.15) is 0 Å². The lowest BCUT2D eigenvalue weighted by atomic mass is 9.96. The Morgan fingerprint density at radius 1 is 1.19 bits per heavy atom. The molecule has 0 aliphatic carbocycles. The van der Waals surface area contributed by atoms with Crippen molar-refractivity contribution in [3.63, 3.8) is 0 Å². The molecule has 1 unspecified atom stereocenters. The number of aryl methyl sites for hydroxylation is 2. The van der Waals surface area contributed by atoms with E-state index in [-0.39, 0.29) is 11.9 Å². The molecule has 4 rings (SSSR count). The van der Waals surface area contributed by atoms with E-state index in [9.17, 15) is 4.79 Å². The van der Waals surface area contributed by atoms with E-state index >= 15 is 0 Å². The smallest absolute Gasteiger partial charge is 0.273 e. The van der Waals surface area contributed by atoms with Crippen molar-refractivity contribution in [3.05, 3.63) is 76.6 Å². The Hall–Kier alpha value is -2.99. The number of fused-ring (bicyclic) bond motifs is 1. The summed E-state index contributed by atoms with van der Waals surface area (Å²) in [6.45, 7) is 5.45. The molecular weight excluding hydrogens is 338 g/mol. The Morgan fingerprint density at radius 3 is 2.70 bits per heavy atom. The molecule has 0 saturated carbocycles. The number of carbonyl (C=O) groups is 1. The standard InChI is InChI=1S/C21H23N5O/c1-14-7-15(2)9-19(8-14)26-24-13-20(25-26)21(27)23-12-18-10-16-5-3-4-6-17(16)11-22-18/h3-9,13,18,22H,10-12H2,1-2H3,(H,23,27). The Balaban J connectivity index is 1.39. The predicted molar refractivity (Wildman–Crippen MR) is 104 cm³/mol. The van der Waals surface area contributed by atoms with Gasteiger partial charge in [-0.3, -0.25) is 4.79 Å². The van der Waals surface area contributed by atoms with Crippen LogP contribution in [0.25, 0.3) is 5.69 Å². The number of aromatic nitrogens is 3. The Morgan fingerprint density at radius 2 is 1.93 bits per heavy atom. The highest BCUT2D eigenvalue weighted by Crippen LogP contribution is 2.16. The van der Waals surface area contributed by atoms with E-state index in [0.717, 1.165) is 29.8 Å². The Kier molecular flexibility index (Phi) is 4.73. The van der Waals surface area contributed by atoms with Crippen LogP contribution in [0.2, 0.25) is 0 Å². The number of benzene rings is 2. The van der Waals surface area contributed by atoms with Crippen molar-refractivity contribution in [3.8, 4) is 5.69 Å². The van der Waals surface area contributed by atoms with Gasteiger partial charge in [-0.1, -0.05) is 30.3 Å². The molecule has 1 aliphatic heterocycles. The van der Waals surface area contributed by atoms with Crippen LogP contribution in [0.1, 0.15) is 32.7 Å². The van der Waals surface area contributed by atoms with Crippen LogP contribution in [0.5, 0.6) is 0 Å². The van der Waals surface area contributed by atoms with Crippen molar-refractivity contribution in [1.29, 1.82) is 0 Å². The van der Waals surface area contributed by atoms with Crippen molar-refractivity contribution < 1.29 is 4.79 Å². The fraction of sp³-hybridized carbons (Fsp3) is 0.286. The molecule has 1 aromatic heterocycles. The number of nitrogens with zero attached hydrogens (tertiary/aromatic N) is 3. The van der Waals surface area contributed by atoms with Crippen LogP contribution in [0.15, 0.2) is 48.7 Å². The summed E-state index contributed by atoms with van der Waals surface area (Å²) < 4.78 is 0. The summed E-state index contributed by atoms with van der Waals surface area (Å²) in [5.41, 5.74) is 6.13. The molecule has 27 heavy (non-hydrogen) atoms. The fourth-order valence-corrected chi connectivity index (χ4v) is 3.53. The molecule has 6 heteroatoms. The largest absolute Gasteiger partial charge is 0.349 e. The van der Waals surface area contributed by atoms with Gasteiger partial charge in [0, 0.05) is 19.1 Å². The van der Waals surface area contributed by atoms with Gasteiger partial charge in [-0.25, -0.2) is 0 Å². The molecule has 0 radical (unpaired) electrons. The number of hydrogen-bond donors (Lipinski definition) is 2. The van der Waals surface area contributed by atoms with Crippen LogP contribution in [-0.2, 0) is 13.0 Å². The molecule has 0 saturated heterocycles. The van der Waals surface area contributed by atoms with E-state index < -0.39 is 0 Å². The van der Waals surface area contributed by atoms with Crippen molar-refractivity contribution in [1.82, 2.24) is 25.6 Å². The fourth-order valence-electron chi connectivity index (χ4n) is 3.53. The summed E-state index contributed by atoms with van der Waals surface area (Å²) in [5.74, 6) is -0.203. The zero-order chi connectivity index (χ0) is 18.8. The van der Waals surface area contributed by atoms with Gasteiger partial charge < -0.3 is 10.6 Å². The molecule has 2 N–H and O–H groups in total. The van der Waals surface area contributed by atoms with Crippen LogP contribution >= 0.6 is 0 Å². The van der Waals surface area contributed by atoms with E-state index in [2.05, 4.69) is 51.2 Å². The van der Waals surface area contributed by atoms with Crippen LogP contribution in [0.3, 0.4) is 0 Å². The molecule has 0 bridgehead atoms. The number of hydrogen-bond acceptors (Lipinski definition) is 4. The summed E-state index contributed by atoms with van der Waals surface area (Å²) in [7, 11) is 0. The molecule has 3 aromatic rings. The van der Waals surface area contributed by atoms with Crippen molar-refractivity contribution >= 4 is 5.91 Å². The SMILES string of the molecule is Cc1cc(C)cc(-n2ncc(C(=O)NCC3Cc4ccccc4CN3)n2)c1. The Bertz CT molecular complexity index is 958. The molecule has 2 heterocycles. The van der Waals surface area contributed by atoms with Crippen molar-refractivity contribution in [2.45, 2.75) is 32.9 Å². The van der Waals surface area contributed by atoms with Gasteiger partial charge in [0.2, 0.25) is 0 Å². The van der Waals surface area contributed by atoms with Crippen LogP contribution in [-0.4, -0.2) is 33.5 Å². The lowest BCUT2D eigenvalue weighted by Crippen LogP contribution is -2.44. The second-order valence-electron chi connectivity index (χ2n) is 7.13. The average Bonchev–Trinajstić information content (AvgIpc) is 3.15. The van der Waals surface area contributed by atoms with Gasteiger partial charge in [-0.15, -0.1) is 5.10 Å². The Labute approximate surface area is 158 Å². The minimum Gasteiger partial charge on any atom is -0.349 e. The minimum absolute atomic E-state index is 0.203. The zero-order valence-corrected chi connectivity index (χ0v) is 15.6. The number of rotatable bonds is 4. The third-order valence-corrected chi connectivity index (χ3v) is 4.84. The van der Waals surface area contributed by atoms with Gasteiger partial charge in [0.15, 0.2) is 5.69 Å². The lowest BCUT2D eigenvalue weighted by Gasteiger charge is -2.26. The maximum Gasteiger partial charge on any atom is 0.273 e. The highest BCUT2D eigenvalue weighted by Gasteiger charge is 2.19. The van der Waals surface area contributed by atoms with Gasteiger partial charge in [0.25, 0.3) is 5.91 Å². The molecule has 1 amide bonds. The molecule has 138 valence electrons. The second kappa shape index (κ2) is 7.32. The highest BCUT2D eigenvalue weighted by molar-refractivity contribution is 5.91. The van der Waals surface area contributed by atoms with E-state index in [1.54, 1.807) is 0 Å². The molecule has 1 aliphatic rings. The summed E-state index contributed by atoms with van der Waals surface area (Å²) >= 11 is 0. The molecule has 6 nitrogen and oxygen atoms in total. The first-order valence-corrected chi connectivity index (χ1v) is 9.18. The van der Waals surface area contributed by atoms with Crippen LogP contribution in [0.4, 0.5) is 0 Å². The molecular formula is C21H23N5O. The van der Waals surface area contributed by atoms with Gasteiger partial charge in [0.05, 0.1) is 11.9 Å². The summed E-state index contributed by atoms with van der Waals surface area (Å²) in [5, 5.41) is 15.0. The quantitative estimate of drug-likeness (QED) is 0.748. The first-order valence-electron chi connectivity index (χ1n) is 9.18. The monoisotopic (exact) mass is 361 g/mol. The number of carbonyl (C=O) groups excluding carboxylic acids is 1. The second-order valence-corrected chi connectivity index (χ2v) is 7.13. The maximum absolute atomic E-state index is 12.5. The van der Waals surface area contributed by atoms with Gasteiger partial charge in [-0.05, 0) is 54.7 Å². The van der Waals surface area contributed by atoms with Gasteiger partial charge >= 0.3 is 0 Å². The summed E-state index contributed by atoms with van der Waals surface area (Å²) in [4.78, 5) is 14.0. The highest BCUT2D eigenvalue weighted by atomic mass is 16.2. The van der Waals surface area contributed by atoms with Crippen molar-refractivity contribution in [2.75, 3.05) is 6.54 Å². The van der Waals surface area contributed by atoms with E-state index in [1.165, 1.54) is 22.1 Å². The summed E-state index contributed by atoms with van der Waals surface area (Å²) in [6.07, 6.45) is 2.42. The van der Waals surface area contributed by atoms with Crippen LogP contribution < -0.4 is 10.6 Å². The normalized spacial score (nSPS) is 16.0. The molecule has 0 fully saturated rings. The van der Waals surface area contributed by atoms with Crippen molar-refractivity contribution in [2.24, 2.45) is 0 Å². The predicted octanol–water partition coefficient (Wildman–Crippen LogP) is 2.33. The number of amides is 1. The van der Waals surface area contributed by atoms with E-state index in [1.807, 2.05) is 26.0 Å². The van der Waals surface area contributed by atoms with E-state index in [0.29, 0.717) is 12.2 Å².